The number of nitro benzene ring substituents is 1. The Labute approximate surface area is 109 Å². The molecule has 0 aliphatic carbocycles. The van der Waals surface area contributed by atoms with Gasteiger partial charge in [-0.3, -0.25) is 10.1 Å². The Morgan fingerprint density at radius 1 is 1.44 bits per heavy atom. The maximum absolute atomic E-state index is 10.4. The third-order valence-electron chi connectivity index (χ3n) is 1.79. The number of hydrogen-bond donors (Lipinski definition) is 0. The van der Waals surface area contributed by atoms with E-state index in [1.165, 1.54) is 12.1 Å². The summed E-state index contributed by atoms with van der Waals surface area (Å²) in [7, 11) is 0. The number of nitriles is 1. The zero-order valence-corrected chi connectivity index (χ0v) is 11.1. The molecule has 0 saturated carbocycles. The quantitative estimate of drug-likeness (QED) is 0.363. The van der Waals surface area contributed by atoms with Crippen LogP contribution in [0.3, 0.4) is 0 Å². The van der Waals surface area contributed by atoms with Crippen LogP contribution in [0.1, 0.15) is 5.56 Å². The summed E-state index contributed by atoms with van der Waals surface area (Å²) in [6, 6.07) is 8.01. The minimum absolute atomic E-state index is 0.0323. The van der Waals surface area contributed by atoms with Crippen LogP contribution in [-0.2, 0) is 0 Å². The van der Waals surface area contributed by atoms with E-state index in [1.54, 1.807) is 18.2 Å². The maximum Gasteiger partial charge on any atom is 0.269 e. The van der Waals surface area contributed by atoms with Gasteiger partial charge in [0.1, 0.15) is 3.74 Å². The van der Waals surface area contributed by atoms with E-state index in [9.17, 15) is 10.1 Å². The van der Waals surface area contributed by atoms with Gasteiger partial charge in [-0.25, -0.2) is 0 Å². The van der Waals surface area contributed by atoms with Crippen molar-refractivity contribution in [1.29, 1.82) is 5.26 Å². The smallest absolute Gasteiger partial charge is 0.258 e. The molecule has 0 saturated heterocycles. The van der Waals surface area contributed by atoms with Crippen LogP contribution >= 0.6 is 31.9 Å². The van der Waals surface area contributed by atoms with Gasteiger partial charge in [0, 0.05) is 12.1 Å². The van der Waals surface area contributed by atoms with Crippen LogP contribution in [0.15, 0.2) is 29.8 Å². The standard InChI is InChI=1S/C10H6Br2N2O2/c11-10(12)8(6-13)5-7-1-3-9(4-2-7)14(15)16/h1-5,10H/b8-5+. The van der Waals surface area contributed by atoms with Crippen LogP contribution in [0, 0.1) is 21.4 Å². The third kappa shape index (κ3) is 3.43. The Bertz CT molecular complexity index is 461. The van der Waals surface area contributed by atoms with Crippen molar-refractivity contribution in [2.75, 3.05) is 0 Å². The van der Waals surface area contributed by atoms with Gasteiger partial charge in [0.15, 0.2) is 0 Å². The summed E-state index contributed by atoms with van der Waals surface area (Å²) >= 11 is 6.43. The van der Waals surface area contributed by atoms with E-state index < -0.39 is 4.92 Å². The van der Waals surface area contributed by atoms with E-state index >= 15 is 0 Å². The van der Waals surface area contributed by atoms with Crippen molar-refractivity contribution >= 4 is 43.6 Å². The molecule has 0 spiro atoms. The number of nitro groups is 1. The molecular formula is C10H6Br2N2O2. The Hall–Kier alpha value is -1.19. The molecule has 0 atom stereocenters. The molecule has 0 aliphatic heterocycles. The lowest BCUT2D eigenvalue weighted by atomic mass is 10.1. The molecule has 0 fully saturated rings. The van der Waals surface area contributed by atoms with Crippen molar-refractivity contribution in [3.63, 3.8) is 0 Å². The van der Waals surface area contributed by atoms with Gasteiger partial charge >= 0.3 is 0 Å². The first kappa shape index (κ1) is 12.9. The molecule has 4 nitrogen and oxygen atoms in total. The zero-order chi connectivity index (χ0) is 12.1. The number of non-ortho nitro benzene ring substituents is 1. The number of alkyl halides is 2. The SMILES string of the molecule is N#C/C(=C\c1ccc([N+](=O)[O-])cc1)C(Br)Br. The maximum atomic E-state index is 10.4. The van der Waals surface area contributed by atoms with Gasteiger partial charge < -0.3 is 0 Å². The normalized spacial score (nSPS) is 11.2. The molecule has 0 bridgehead atoms. The molecule has 0 aliphatic rings. The van der Waals surface area contributed by atoms with Crippen LogP contribution in [-0.4, -0.2) is 8.66 Å². The van der Waals surface area contributed by atoms with Crippen molar-refractivity contribution < 1.29 is 4.92 Å². The predicted octanol–water partition coefficient (Wildman–Crippen LogP) is 3.62. The topological polar surface area (TPSA) is 66.9 Å². The Kier molecular flexibility index (Phi) is 4.65. The van der Waals surface area contributed by atoms with Crippen molar-refractivity contribution in [2.24, 2.45) is 0 Å². The summed E-state index contributed by atoms with van der Waals surface area (Å²) in [5, 5.41) is 19.2. The highest BCUT2D eigenvalue weighted by atomic mass is 79.9. The second kappa shape index (κ2) is 5.77. The fourth-order valence-electron chi connectivity index (χ4n) is 1.02. The molecule has 1 aromatic carbocycles. The number of rotatable bonds is 3. The molecule has 82 valence electrons. The van der Waals surface area contributed by atoms with Crippen LogP contribution in [0.2, 0.25) is 0 Å². The summed E-state index contributed by atoms with van der Waals surface area (Å²) < 4.78 is -0.222. The zero-order valence-electron chi connectivity index (χ0n) is 7.93. The summed E-state index contributed by atoms with van der Waals surface area (Å²) in [4.78, 5) is 9.96. The van der Waals surface area contributed by atoms with Crippen molar-refractivity contribution in [2.45, 2.75) is 3.74 Å². The lowest BCUT2D eigenvalue weighted by Gasteiger charge is -1.99. The lowest BCUT2D eigenvalue weighted by molar-refractivity contribution is -0.384. The minimum Gasteiger partial charge on any atom is -0.258 e. The van der Waals surface area contributed by atoms with Crippen molar-refractivity contribution in [3.8, 4) is 6.07 Å². The van der Waals surface area contributed by atoms with Gasteiger partial charge in [-0.2, -0.15) is 5.26 Å². The average Bonchev–Trinajstić information content (AvgIpc) is 2.26. The van der Waals surface area contributed by atoms with E-state index in [1.807, 2.05) is 6.07 Å². The van der Waals surface area contributed by atoms with Gasteiger partial charge in [0.2, 0.25) is 0 Å². The van der Waals surface area contributed by atoms with Gasteiger partial charge in [-0.05, 0) is 23.8 Å². The molecule has 0 aromatic heterocycles. The molecular weight excluding hydrogens is 340 g/mol. The summed E-state index contributed by atoms with van der Waals surface area (Å²) in [5.74, 6) is 0. The van der Waals surface area contributed by atoms with E-state index in [2.05, 4.69) is 31.9 Å². The average molecular weight is 346 g/mol. The summed E-state index contributed by atoms with van der Waals surface area (Å²) in [5.41, 5.74) is 1.27. The van der Waals surface area contributed by atoms with Gasteiger partial charge in [-0.15, -0.1) is 0 Å². The number of halogens is 2. The molecule has 6 heteroatoms. The highest BCUT2D eigenvalue weighted by molar-refractivity contribution is 9.24. The molecule has 0 heterocycles. The van der Waals surface area contributed by atoms with Crippen molar-refractivity contribution in [1.82, 2.24) is 0 Å². The largest absolute Gasteiger partial charge is 0.269 e. The first-order valence-electron chi connectivity index (χ1n) is 4.19. The van der Waals surface area contributed by atoms with Crippen LogP contribution < -0.4 is 0 Å². The molecule has 1 aromatic rings. The molecule has 0 N–H and O–H groups in total. The predicted molar refractivity (Wildman–Crippen MR) is 68.3 cm³/mol. The second-order valence-corrected chi connectivity index (χ2v) is 5.92. The molecule has 0 amide bonds. The van der Waals surface area contributed by atoms with E-state index in [-0.39, 0.29) is 9.42 Å². The van der Waals surface area contributed by atoms with Gasteiger partial charge in [0.25, 0.3) is 5.69 Å². The van der Waals surface area contributed by atoms with E-state index in [4.69, 9.17) is 5.26 Å². The molecule has 0 radical (unpaired) electrons. The number of nitrogens with zero attached hydrogens (tertiary/aromatic N) is 2. The van der Waals surface area contributed by atoms with E-state index in [0.29, 0.717) is 5.57 Å². The first-order chi connectivity index (χ1) is 7.54. The van der Waals surface area contributed by atoms with Crippen LogP contribution in [0.5, 0.6) is 0 Å². The third-order valence-corrected chi connectivity index (χ3v) is 2.78. The van der Waals surface area contributed by atoms with E-state index in [0.717, 1.165) is 5.56 Å². The second-order valence-electron chi connectivity index (χ2n) is 2.86. The van der Waals surface area contributed by atoms with Gasteiger partial charge in [0.05, 0.1) is 16.6 Å². The number of hydrogen-bond acceptors (Lipinski definition) is 3. The molecule has 16 heavy (non-hydrogen) atoms. The summed E-state index contributed by atoms with van der Waals surface area (Å²) in [6.07, 6.45) is 1.65. The highest BCUT2D eigenvalue weighted by Crippen LogP contribution is 2.21. The number of benzene rings is 1. The highest BCUT2D eigenvalue weighted by Gasteiger charge is 2.07. The fourth-order valence-corrected chi connectivity index (χ4v) is 1.48. The van der Waals surface area contributed by atoms with Crippen LogP contribution in [0.25, 0.3) is 6.08 Å². The first-order valence-corrected chi connectivity index (χ1v) is 6.02. The summed E-state index contributed by atoms with van der Waals surface area (Å²) in [6.45, 7) is 0. The Balaban J connectivity index is 2.99. The Morgan fingerprint density at radius 2 is 2.00 bits per heavy atom. The minimum atomic E-state index is -0.462. The van der Waals surface area contributed by atoms with Gasteiger partial charge in [-0.1, -0.05) is 31.9 Å². The van der Waals surface area contributed by atoms with Crippen LogP contribution in [0.4, 0.5) is 5.69 Å². The molecule has 0 unspecified atom stereocenters. The monoisotopic (exact) mass is 344 g/mol. The van der Waals surface area contributed by atoms with Crippen molar-refractivity contribution in [3.05, 3.63) is 45.5 Å². The Morgan fingerprint density at radius 3 is 2.38 bits per heavy atom. The number of allylic oxidation sites excluding steroid dienone is 1. The lowest BCUT2D eigenvalue weighted by Crippen LogP contribution is -1.90. The molecule has 1 rings (SSSR count). The fraction of sp³-hybridized carbons (Fsp3) is 0.100.